The number of imide groups is 1. The number of nitrogens with zero attached hydrogens (tertiary/aromatic N) is 1. The summed E-state index contributed by atoms with van der Waals surface area (Å²) < 4.78 is 5.14. The van der Waals surface area contributed by atoms with Gasteiger partial charge in [0.25, 0.3) is 0 Å². The molecule has 2 bridgehead atoms. The van der Waals surface area contributed by atoms with Gasteiger partial charge in [0, 0.05) is 5.56 Å². The minimum Gasteiger partial charge on any atom is -0.454 e. The fraction of sp³-hybridized carbons (Fsp3) is 0.308. The van der Waals surface area contributed by atoms with Crippen LogP contribution in [-0.4, -0.2) is 30.2 Å². The molecular formula is C26H21NO5. The first-order valence-electron chi connectivity index (χ1n) is 11.0. The second-order valence-corrected chi connectivity index (χ2v) is 9.08. The van der Waals surface area contributed by atoms with Gasteiger partial charge in [0.15, 0.2) is 12.4 Å². The van der Waals surface area contributed by atoms with E-state index in [1.807, 2.05) is 0 Å². The first-order valence-corrected chi connectivity index (χ1v) is 11.0. The van der Waals surface area contributed by atoms with Crippen molar-refractivity contribution >= 4 is 29.3 Å². The Kier molecular flexibility index (Phi) is 4.18. The van der Waals surface area contributed by atoms with E-state index in [2.05, 4.69) is 12.2 Å². The Balaban J connectivity index is 1.15. The summed E-state index contributed by atoms with van der Waals surface area (Å²) in [5.41, 5.74) is 1.21. The number of ketones is 1. The average molecular weight is 427 g/mol. The molecule has 2 saturated carbocycles. The lowest BCUT2D eigenvalue weighted by Crippen LogP contribution is -2.40. The number of rotatable bonds is 5. The van der Waals surface area contributed by atoms with E-state index < -0.39 is 5.97 Å². The summed E-state index contributed by atoms with van der Waals surface area (Å²) >= 11 is 0. The van der Waals surface area contributed by atoms with E-state index in [1.54, 1.807) is 42.5 Å². The van der Waals surface area contributed by atoms with Crippen molar-refractivity contribution in [2.45, 2.75) is 6.42 Å². The van der Waals surface area contributed by atoms with Crippen molar-refractivity contribution in [3.05, 3.63) is 77.9 Å². The van der Waals surface area contributed by atoms with Crippen molar-refractivity contribution in [3.8, 4) is 0 Å². The second-order valence-electron chi connectivity index (χ2n) is 9.08. The fourth-order valence-corrected chi connectivity index (χ4v) is 5.88. The third kappa shape index (κ3) is 2.79. The third-order valence-corrected chi connectivity index (χ3v) is 7.45. The Morgan fingerprint density at radius 2 is 1.41 bits per heavy atom. The highest BCUT2D eigenvalue weighted by Gasteiger charge is 2.67. The Bertz CT molecular complexity index is 1130. The maximum atomic E-state index is 13.2. The van der Waals surface area contributed by atoms with E-state index >= 15 is 0 Å². The van der Waals surface area contributed by atoms with E-state index in [0.717, 1.165) is 6.42 Å². The van der Waals surface area contributed by atoms with Gasteiger partial charge < -0.3 is 4.74 Å². The van der Waals surface area contributed by atoms with Crippen molar-refractivity contribution in [1.29, 1.82) is 0 Å². The molecule has 0 unspecified atom stereocenters. The molecule has 1 aliphatic heterocycles. The minimum absolute atomic E-state index is 0.131. The molecule has 32 heavy (non-hydrogen) atoms. The molecule has 2 aromatic rings. The first-order chi connectivity index (χ1) is 15.5. The van der Waals surface area contributed by atoms with Crippen LogP contribution in [0.15, 0.2) is 66.7 Å². The lowest BCUT2D eigenvalue weighted by molar-refractivity contribution is -0.124. The van der Waals surface area contributed by atoms with Crippen LogP contribution in [0.25, 0.3) is 0 Å². The van der Waals surface area contributed by atoms with Crippen LogP contribution in [0.3, 0.4) is 0 Å². The Hall–Kier alpha value is -3.54. The van der Waals surface area contributed by atoms with E-state index in [1.165, 1.54) is 17.0 Å². The van der Waals surface area contributed by atoms with E-state index in [4.69, 9.17) is 4.74 Å². The minimum atomic E-state index is -0.629. The molecule has 6 atom stereocenters. The van der Waals surface area contributed by atoms with E-state index in [0.29, 0.717) is 23.1 Å². The number of carbonyl (C=O) groups is 4. The topological polar surface area (TPSA) is 80.8 Å². The average Bonchev–Trinajstić information content (AvgIpc) is 3.61. The lowest BCUT2D eigenvalue weighted by atomic mass is 9.63. The normalized spacial score (nSPS) is 31.3. The Morgan fingerprint density at radius 3 is 2.00 bits per heavy atom. The van der Waals surface area contributed by atoms with Gasteiger partial charge in [0.05, 0.1) is 23.1 Å². The summed E-state index contributed by atoms with van der Waals surface area (Å²) in [6.45, 7) is -0.352. The van der Waals surface area contributed by atoms with Gasteiger partial charge in [-0.25, -0.2) is 4.79 Å². The summed E-state index contributed by atoms with van der Waals surface area (Å²) in [5, 5.41) is 0. The smallest absolute Gasteiger partial charge is 0.338 e. The predicted octanol–water partition coefficient (Wildman–Crippen LogP) is 3.28. The summed E-state index contributed by atoms with van der Waals surface area (Å²) in [6.07, 6.45) is 5.41. The van der Waals surface area contributed by atoms with Crippen LogP contribution in [0, 0.1) is 35.5 Å². The van der Waals surface area contributed by atoms with Crippen LogP contribution in [0.2, 0.25) is 0 Å². The number of benzene rings is 2. The summed E-state index contributed by atoms with van der Waals surface area (Å²) in [6, 6.07) is 14.9. The van der Waals surface area contributed by atoms with Gasteiger partial charge in [-0.2, -0.15) is 0 Å². The highest BCUT2D eigenvalue weighted by molar-refractivity contribution is 6.22. The summed E-state index contributed by atoms with van der Waals surface area (Å²) in [5.74, 6) is -0.228. The molecule has 2 amide bonds. The number of Topliss-reactive ketones (excluding diaryl/α,β-unsaturated/α-hetero) is 1. The van der Waals surface area contributed by atoms with Crippen LogP contribution < -0.4 is 4.90 Å². The highest BCUT2D eigenvalue weighted by atomic mass is 16.5. The number of anilines is 1. The molecule has 1 saturated heterocycles. The fourth-order valence-electron chi connectivity index (χ4n) is 5.88. The summed E-state index contributed by atoms with van der Waals surface area (Å²) in [7, 11) is 0. The molecule has 1 heterocycles. The van der Waals surface area contributed by atoms with Gasteiger partial charge in [-0.3, -0.25) is 19.3 Å². The van der Waals surface area contributed by atoms with Crippen LogP contribution in [0.5, 0.6) is 0 Å². The standard InChI is InChI=1S/C26H21NO5/c28-21(14-4-2-1-3-5-14)13-32-26(31)15-6-8-16(9-7-15)27-24(29)22-17-10-11-18(20-12-19(17)20)23(22)25(27)30/h1-11,17-20,22-23H,12-13H2/t17-,18-,19-,20-,22-,23+/m0/s1. The molecule has 6 nitrogen and oxygen atoms in total. The van der Waals surface area contributed by atoms with Crippen molar-refractivity contribution in [2.75, 3.05) is 11.5 Å². The first kappa shape index (κ1) is 19.2. The molecule has 0 aromatic heterocycles. The van der Waals surface area contributed by atoms with E-state index in [-0.39, 0.29) is 53.4 Å². The summed E-state index contributed by atoms with van der Waals surface area (Å²) in [4.78, 5) is 52.1. The number of ether oxygens (including phenoxy) is 1. The molecule has 4 aliphatic carbocycles. The molecule has 7 rings (SSSR count). The number of esters is 1. The second kappa shape index (κ2) is 6.99. The number of allylic oxidation sites excluding steroid dienone is 2. The van der Waals surface area contributed by atoms with Crippen LogP contribution in [-0.2, 0) is 14.3 Å². The zero-order chi connectivity index (χ0) is 22.0. The number of hydrogen-bond acceptors (Lipinski definition) is 5. The van der Waals surface area contributed by atoms with Gasteiger partial charge >= 0.3 is 5.97 Å². The number of hydrogen-bond donors (Lipinski definition) is 0. The quantitative estimate of drug-likeness (QED) is 0.317. The maximum absolute atomic E-state index is 13.2. The molecular weight excluding hydrogens is 406 g/mol. The van der Waals surface area contributed by atoms with Gasteiger partial charge in [-0.05, 0) is 54.4 Å². The monoisotopic (exact) mass is 427 g/mol. The molecule has 0 spiro atoms. The van der Waals surface area contributed by atoms with Gasteiger partial charge in [-0.1, -0.05) is 42.5 Å². The van der Waals surface area contributed by atoms with Crippen molar-refractivity contribution in [1.82, 2.24) is 0 Å². The van der Waals surface area contributed by atoms with Gasteiger partial charge in [0.2, 0.25) is 11.8 Å². The van der Waals surface area contributed by atoms with Gasteiger partial charge in [-0.15, -0.1) is 0 Å². The SMILES string of the molecule is O=C(COC(=O)c1ccc(N2C(=O)[C@@H]3[C@H]4C=C[C@@H]([C@@H]5C[C@@H]45)[C@@H]3C2=O)cc1)c1ccccc1. The maximum Gasteiger partial charge on any atom is 0.338 e. The predicted molar refractivity (Wildman–Crippen MR) is 115 cm³/mol. The molecule has 3 fully saturated rings. The van der Waals surface area contributed by atoms with Crippen molar-refractivity contribution in [3.63, 3.8) is 0 Å². The largest absolute Gasteiger partial charge is 0.454 e. The molecule has 0 radical (unpaired) electrons. The zero-order valence-corrected chi connectivity index (χ0v) is 17.2. The van der Waals surface area contributed by atoms with Crippen LogP contribution >= 0.6 is 0 Å². The van der Waals surface area contributed by atoms with Crippen LogP contribution in [0.4, 0.5) is 5.69 Å². The zero-order valence-electron chi connectivity index (χ0n) is 17.2. The molecule has 6 heteroatoms. The lowest BCUT2D eigenvalue weighted by Gasteiger charge is -2.37. The van der Waals surface area contributed by atoms with Crippen LogP contribution in [0.1, 0.15) is 27.1 Å². The molecule has 160 valence electrons. The molecule has 2 aromatic carbocycles. The molecule has 5 aliphatic rings. The molecule has 0 N–H and O–H groups in total. The van der Waals surface area contributed by atoms with Crippen molar-refractivity contribution in [2.24, 2.45) is 35.5 Å². The number of carbonyl (C=O) groups excluding carboxylic acids is 4. The van der Waals surface area contributed by atoms with Crippen molar-refractivity contribution < 1.29 is 23.9 Å². The van der Waals surface area contributed by atoms with E-state index in [9.17, 15) is 19.2 Å². The Morgan fingerprint density at radius 1 is 0.812 bits per heavy atom. The highest BCUT2D eigenvalue weighted by Crippen LogP contribution is 2.65. The Labute approximate surface area is 184 Å². The third-order valence-electron chi connectivity index (χ3n) is 7.45. The van der Waals surface area contributed by atoms with Gasteiger partial charge in [0.1, 0.15) is 0 Å². The number of amides is 2.